The molecule has 0 saturated carbocycles. The second kappa shape index (κ2) is 43.4. The summed E-state index contributed by atoms with van der Waals surface area (Å²) < 4.78 is 117. The zero-order chi connectivity index (χ0) is 97.8. The Bertz CT molecular complexity index is 6880. The normalized spacial score (nSPS) is 16.6. The number of carbonyl (C=O) groups is 8. The number of aromatic amines is 1. The fourth-order valence-corrected chi connectivity index (χ4v) is 23.3. The number of amides is 7. The Morgan fingerprint density at radius 2 is 0.926 bits per heavy atom. The Hall–Kier alpha value is -12.9. The molecule has 0 bridgehead atoms. The molecule has 4 unspecified atom stereocenters. The molecule has 12 heterocycles. The van der Waals surface area contributed by atoms with Crippen molar-refractivity contribution in [2.45, 2.75) is 188 Å². The summed E-state index contributed by atoms with van der Waals surface area (Å²) in [5.74, 6) is -0.0812. The van der Waals surface area contributed by atoms with Crippen molar-refractivity contribution < 1.29 is 72.0 Å². The van der Waals surface area contributed by atoms with Crippen molar-refractivity contribution in [3.63, 3.8) is 0 Å². The van der Waals surface area contributed by atoms with Gasteiger partial charge in [-0.15, -0.1) is 0 Å². The molecule has 4 saturated heterocycles. The summed E-state index contributed by atoms with van der Waals surface area (Å²) in [7, 11) is -16.4. The number of nitrogens with zero attached hydrogens (tertiary/aromatic N) is 14. The molecule has 0 aliphatic carbocycles. The summed E-state index contributed by atoms with van der Waals surface area (Å²) in [5, 5.41) is 51.2. The third-order valence-corrected chi connectivity index (χ3v) is 31.7. The van der Waals surface area contributed by atoms with E-state index in [9.17, 15) is 93.1 Å². The number of nitrogens with two attached hydrogens (primary N) is 3. The number of H-pyrrole nitrogens is 1. The molecule has 6 aliphatic rings. The molecule has 6 aliphatic heterocycles. The Labute approximate surface area is 797 Å². The topological polar surface area (TPSA) is 539 Å². The van der Waals surface area contributed by atoms with Gasteiger partial charge in [-0.05, 0) is 208 Å². The maximum atomic E-state index is 13.7. The molecule has 0 radical (unpaired) electrons. The SMILES string of the molecule is CC1CCN(C(=O)C(CCn2ccc(Br)c2C#N)N2C(=O)Cc3c2cccc3S(N)(=O)=O)CC1.CC1CCN(C(=O)C(CCn2cccc2C#N)NS(=O)(=O)c2cccc3[nH]cc(C(N)=O)c23)CC1.CC1CCN(C(=O)C(CCn2cccc2C#N)NS(=O)(=O)c2cccc3c2CC(=O)N3)CC1.CC1CCN(C(=O)C(CCn2cccc2C#N)n2cc(C=O)c3c(S(N)(=O)=O)cccc32)CC1. The molecule has 10 N–H and O–H groups in total. The van der Waals surface area contributed by atoms with Gasteiger partial charge in [-0.3, -0.25) is 43.3 Å². The maximum Gasteiger partial charge on any atom is 0.250 e. The van der Waals surface area contributed by atoms with Crippen molar-refractivity contribution in [2.24, 2.45) is 39.7 Å². The molecule has 10 aromatic rings. The molecule has 7 amide bonds. The van der Waals surface area contributed by atoms with Gasteiger partial charge >= 0.3 is 0 Å². The van der Waals surface area contributed by atoms with Gasteiger partial charge in [-0.25, -0.2) is 43.9 Å². The third kappa shape index (κ3) is 23.1. The van der Waals surface area contributed by atoms with Crippen LogP contribution < -0.4 is 35.7 Å². The number of sulfonamides is 4. The van der Waals surface area contributed by atoms with E-state index in [0.717, 1.165) is 51.4 Å². The average Bonchev–Trinajstić information content (AvgIpc) is 1.61. The van der Waals surface area contributed by atoms with Gasteiger partial charge in [0.2, 0.25) is 75.5 Å². The Morgan fingerprint density at radius 3 is 1.41 bits per heavy atom. The predicted molar refractivity (Wildman–Crippen MR) is 507 cm³/mol. The molecular weight excluding hydrogens is 1890 g/mol. The van der Waals surface area contributed by atoms with Crippen LogP contribution >= 0.6 is 15.9 Å². The number of aldehydes is 1. The van der Waals surface area contributed by atoms with E-state index in [0.29, 0.717) is 169 Å². The largest absolute Gasteiger partial charge is 0.366 e. The highest BCUT2D eigenvalue weighted by Crippen LogP contribution is 2.39. The van der Waals surface area contributed by atoms with E-state index in [4.69, 9.17) is 16.0 Å². The van der Waals surface area contributed by atoms with Crippen molar-refractivity contribution in [2.75, 3.05) is 62.6 Å². The van der Waals surface area contributed by atoms with Crippen LogP contribution in [0.1, 0.15) is 165 Å². The van der Waals surface area contributed by atoms with E-state index in [1.54, 1.807) is 147 Å². The number of benzene rings is 4. The fraction of sp³-hybridized carbons (Fsp3) is 0.404. The lowest BCUT2D eigenvalue weighted by molar-refractivity contribution is -0.136. The zero-order valence-electron chi connectivity index (χ0n) is 75.6. The van der Waals surface area contributed by atoms with Crippen molar-refractivity contribution in [1.82, 2.24) is 56.9 Å². The lowest BCUT2D eigenvalue weighted by Crippen LogP contribution is -2.52. The van der Waals surface area contributed by atoms with Crippen LogP contribution in [0.4, 0.5) is 11.4 Å². The van der Waals surface area contributed by atoms with E-state index in [1.165, 1.54) is 47.6 Å². The lowest BCUT2D eigenvalue weighted by atomic mass is 9.98. The number of hydrogen-bond donors (Lipinski definition) is 7. The van der Waals surface area contributed by atoms with Crippen LogP contribution in [0.15, 0.2) is 176 Å². The average molecular weight is 2000 g/mol. The van der Waals surface area contributed by atoms with Crippen LogP contribution in [-0.4, -0.2) is 199 Å². The third-order valence-electron chi connectivity index (χ3n) is 26.1. The van der Waals surface area contributed by atoms with E-state index in [1.807, 2.05) is 4.90 Å². The molecule has 4 aromatic carbocycles. The number of primary sulfonamides is 2. The molecule has 136 heavy (non-hydrogen) atoms. The summed E-state index contributed by atoms with van der Waals surface area (Å²) in [4.78, 5) is 114. The second-order valence-electron chi connectivity index (χ2n) is 35.3. The smallest absolute Gasteiger partial charge is 0.250 e. The molecule has 4 atom stereocenters. The van der Waals surface area contributed by atoms with Crippen LogP contribution in [0.3, 0.4) is 0 Å². The predicted octanol–water partition coefficient (Wildman–Crippen LogP) is 8.83. The number of rotatable bonds is 28. The van der Waals surface area contributed by atoms with Gasteiger partial charge in [-0.1, -0.05) is 52.0 Å². The Morgan fingerprint density at radius 1 is 0.493 bits per heavy atom. The first-order chi connectivity index (χ1) is 64.8. The number of halogens is 1. The van der Waals surface area contributed by atoms with Crippen molar-refractivity contribution >= 4 is 137 Å². The number of fused-ring (bicyclic) bond motifs is 4. The number of nitriles is 4. The lowest BCUT2D eigenvalue weighted by Gasteiger charge is -2.36. The number of nitrogens with one attached hydrogen (secondary N) is 4. The van der Waals surface area contributed by atoms with Gasteiger partial charge in [0.25, 0.3) is 5.91 Å². The highest BCUT2D eigenvalue weighted by atomic mass is 79.9. The van der Waals surface area contributed by atoms with Gasteiger partial charge in [0.05, 0.1) is 48.0 Å². The first-order valence-electron chi connectivity index (χ1n) is 44.9. The van der Waals surface area contributed by atoms with E-state index in [2.05, 4.69) is 87.6 Å². The maximum absolute atomic E-state index is 13.7. The zero-order valence-corrected chi connectivity index (χ0v) is 80.4. The number of likely N-dealkylation sites (tertiary alicyclic amines) is 4. The first kappa shape index (κ1) is 101. The minimum absolute atomic E-state index is 0.00194. The number of hydrogen-bond acceptors (Lipinski definition) is 20. The monoisotopic (exact) mass is 1990 g/mol. The van der Waals surface area contributed by atoms with Crippen molar-refractivity contribution in [3.05, 3.63) is 202 Å². The highest BCUT2D eigenvalue weighted by Gasteiger charge is 2.43. The standard InChI is InChI=1S/C24H28N6O4S.C24H27N5O4S.C23H26BrN5O4S.C23H27N5O4S/c1-16-7-11-30(12-8-16)24(32)20(9-13-29-10-3-4-17(29)14-25)28-35(33,34)21-6-2-5-19-22(21)18(15-27-19)23(26)31;1-17-7-11-28(12-8-17)24(31)21(9-13-27-10-3-4-19(27)14-25)29-15-18(16-30)23-20(29)5-2-6-22(23)34(26,32)33;1-15-5-9-28(10-6-15)23(31)19(8-12-27-11-7-17(24)20(27)14-25)29-18-3-2-4-21(34(26,32)33)16(18)13-22(29)30;1-16-7-11-28(12-8-16)23(30)20(9-13-27-10-3-4-17(27)15-24)26-33(31,32)21-6-2-5-19-18(21)14-22(29)25-19/h2-6,10,15-16,20,27-28H,7-9,11-13H2,1H3,(H2,26,31);2-6,10,15-17,21H,7-9,11-13H2,1H3,(H2,26,32,33);2-4,7,11,15,19H,5-6,8-10,12-13H2,1H3,(H2,26,32,33);2-6,10,16,20,26H,7-9,11-14H2,1H3,(H,25,29). The number of anilines is 2. The van der Waals surface area contributed by atoms with Crippen LogP contribution in [0, 0.1) is 69.0 Å². The Kier molecular flexibility index (Phi) is 32.1. The molecular formula is C94H108BrN21O16S4. The molecule has 42 heteroatoms. The van der Waals surface area contributed by atoms with E-state index in [-0.39, 0.29) is 116 Å². The van der Waals surface area contributed by atoms with Gasteiger partial charge in [0, 0.05) is 160 Å². The molecule has 16 rings (SSSR count). The molecule has 4 fully saturated rings. The fourth-order valence-electron chi connectivity index (χ4n) is 18.3. The molecule has 37 nitrogen and oxygen atoms in total. The molecule has 0 spiro atoms. The van der Waals surface area contributed by atoms with Crippen LogP contribution in [-0.2, 0) is 108 Å². The second-order valence-corrected chi connectivity index (χ2v) is 42.6. The number of primary amides is 1. The summed E-state index contributed by atoms with van der Waals surface area (Å²) in [6.45, 7) is 14.7. The number of piperidine rings is 4. The summed E-state index contributed by atoms with van der Waals surface area (Å²) >= 11 is 3.35. The van der Waals surface area contributed by atoms with E-state index >= 15 is 0 Å². The van der Waals surface area contributed by atoms with Gasteiger partial charge < -0.3 is 58.5 Å². The quantitative estimate of drug-likeness (QED) is 0.0225. The minimum Gasteiger partial charge on any atom is -0.366 e. The number of carbonyl (C=O) groups excluding carboxylic acids is 8. The number of aryl methyl sites for hydroxylation is 4. The molecule has 716 valence electrons. The summed E-state index contributed by atoms with van der Waals surface area (Å²) in [6, 6.07) is 35.4. The Balaban J connectivity index is 0.000000153. The molecule has 6 aromatic heterocycles. The van der Waals surface area contributed by atoms with Gasteiger partial charge in [-0.2, -0.15) is 30.5 Å². The summed E-state index contributed by atoms with van der Waals surface area (Å²) in [6.07, 6.45) is 18.4. The first-order valence-corrected chi connectivity index (χ1v) is 51.7. The van der Waals surface area contributed by atoms with Crippen molar-refractivity contribution in [1.29, 1.82) is 21.0 Å². The van der Waals surface area contributed by atoms with Crippen molar-refractivity contribution in [3.8, 4) is 24.3 Å². The highest BCUT2D eigenvalue weighted by molar-refractivity contribution is 9.10. The van der Waals surface area contributed by atoms with Crippen LogP contribution in [0.5, 0.6) is 0 Å². The van der Waals surface area contributed by atoms with Gasteiger partial charge in [0.1, 0.15) is 71.2 Å². The van der Waals surface area contributed by atoms with Crippen LogP contribution in [0.25, 0.3) is 21.8 Å². The van der Waals surface area contributed by atoms with Crippen LogP contribution in [0.2, 0.25) is 0 Å². The van der Waals surface area contributed by atoms with E-state index < -0.39 is 70.2 Å². The summed E-state index contributed by atoms with van der Waals surface area (Å²) in [5.41, 5.74) is 9.96. The minimum atomic E-state index is -4.21. The number of aromatic nitrogens is 6. The van der Waals surface area contributed by atoms with Gasteiger partial charge in [0.15, 0.2) is 6.29 Å².